The Morgan fingerprint density at radius 2 is 1.90 bits per heavy atom. The molecule has 1 saturated heterocycles. The van der Waals surface area contributed by atoms with Crippen LogP contribution in [0, 0.1) is 6.92 Å². The van der Waals surface area contributed by atoms with Crippen LogP contribution in [0.25, 0.3) is 33.1 Å². The van der Waals surface area contributed by atoms with Crippen LogP contribution in [0.1, 0.15) is 33.0 Å². The van der Waals surface area contributed by atoms with E-state index in [4.69, 9.17) is 26.3 Å². The van der Waals surface area contributed by atoms with Gasteiger partial charge in [0.25, 0.3) is 0 Å². The van der Waals surface area contributed by atoms with Crippen molar-refractivity contribution in [1.82, 2.24) is 29.4 Å². The molecular weight excluding hydrogens is 642 g/mol. The van der Waals surface area contributed by atoms with Gasteiger partial charge >= 0.3 is 6.09 Å². The molecule has 2 aromatic carbocycles. The van der Waals surface area contributed by atoms with Crippen molar-refractivity contribution in [3.63, 3.8) is 0 Å². The number of likely N-dealkylation sites (N-methyl/N-ethyl adjacent to an activating group) is 1. The third kappa shape index (κ3) is 7.82. The molecule has 49 heavy (non-hydrogen) atoms. The van der Waals surface area contributed by atoms with Gasteiger partial charge in [0.05, 0.1) is 27.9 Å². The molecule has 1 fully saturated rings. The highest BCUT2D eigenvalue weighted by molar-refractivity contribution is 6.33. The lowest BCUT2D eigenvalue weighted by atomic mass is 10.1. The molecule has 5 aromatic rings. The SMILES string of the molecule is Cc1nc(N2CCC(Nc3ncc(Cl)c(-c4cn(C(=O)OC(C)(C)C)c5ccccc45)n3)C2)c2ccc(NC(=O)/C=C/CN(C)C)cc2n1. The average molecular weight is 682 g/mol. The first kappa shape index (κ1) is 33.8. The number of halogens is 1. The summed E-state index contributed by atoms with van der Waals surface area (Å²) < 4.78 is 7.15. The minimum absolute atomic E-state index is 0.0370. The van der Waals surface area contributed by atoms with Crippen LogP contribution >= 0.6 is 11.6 Å². The second-order valence-electron chi connectivity index (χ2n) is 13.4. The van der Waals surface area contributed by atoms with Crippen LogP contribution in [0.5, 0.6) is 0 Å². The number of para-hydroxylation sites is 1. The van der Waals surface area contributed by atoms with E-state index in [1.54, 1.807) is 12.4 Å². The summed E-state index contributed by atoms with van der Waals surface area (Å²) in [7, 11) is 3.89. The Morgan fingerprint density at radius 1 is 1.10 bits per heavy atom. The van der Waals surface area contributed by atoms with E-state index in [1.807, 2.05) is 95.2 Å². The van der Waals surface area contributed by atoms with E-state index in [2.05, 4.69) is 25.5 Å². The summed E-state index contributed by atoms with van der Waals surface area (Å²) in [6, 6.07) is 13.3. The quantitative estimate of drug-likeness (QED) is 0.174. The van der Waals surface area contributed by atoms with Gasteiger partial charge in [0.15, 0.2) is 0 Å². The fourth-order valence-corrected chi connectivity index (χ4v) is 6.00. The number of ether oxygens (including phenoxy) is 1. The van der Waals surface area contributed by atoms with Crippen molar-refractivity contribution in [3.05, 3.63) is 77.9 Å². The van der Waals surface area contributed by atoms with Crippen molar-refractivity contribution in [2.45, 2.75) is 45.8 Å². The normalized spacial score (nSPS) is 15.1. The Kier molecular flexibility index (Phi) is 9.53. The molecule has 1 amide bonds. The maximum absolute atomic E-state index is 13.1. The van der Waals surface area contributed by atoms with Gasteiger partial charge < -0.3 is 25.2 Å². The predicted octanol–water partition coefficient (Wildman–Crippen LogP) is 6.53. The van der Waals surface area contributed by atoms with Crippen LogP contribution in [0.15, 0.2) is 67.0 Å². The summed E-state index contributed by atoms with van der Waals surface area (Å²) in [4.78, 5) is 48.5. The van der Waals surface area contributed by atoms with Crippen molar-refractivity contribution in [3.8, 4) is 11.3 Å². The molecule has 254 valence electrons. The zero-order chi connectivity index (χ0) is 34.9. The highest BCUT2D eigenvalue weighted by Crippen LogP contribution is 2.35. The molecule has 12 nitrogen and oxygen atoms in total. The third-order valence-electron chi connectivity index (χ3n) is 7.92. The van der Waals surface area contributed by atoms with Crippen LogP contribution in [0.3, 0.4) is 0 Å². The van der Waals surface area contributed by atoms with Crippen molar-refractivity contribution in [1.29, 1.82) is 0 Å². The molecule has 13 heteroatoms. The van der Waals surface area contributed by atoms with Crippen LogP contribution in [-0.2, 0) is 9.53 Å². The molecule has 3 aromatic heterocycles. The van der Waals surface area contributed by atoms with Crippen molar-refractivity contribution < 1.29 is 14.3 Å². The van der Waals surface area contributed by atoms with Crippen molar-refractivity contribution >= 4 is 62.9 Å². The van der Waals surface area contributed by atoms with Crippen LogP contribution in [-0.4, -0.2) is 86.8 Å². The average Bonchev–Trinajstić information content (AvgIpc) is 3.65. The lowest BCUT2D eigenvalue weighted by Gasteiger charge is -2.20. The lowest BCUT2D eigenvalue weighted by molar-refractivity contribution is -0.111. The Morgan fingerprint density at radius 3 is 2.67 bits per heavy atom. The van der Waals surface area contributed by atoms with E-state index < -0.39 is 11.7 Å². The molecule has 0 saturated carbocycles. The van der Waals surface area contributed by atoms with Gasteiger partial charge in [-0.1, -0.05) is 35.9 Å². The number of anilines is 3. The zero-order valence-electron chi connectivity index (χ0n) is 28.5. The number of hydrogen-bond donors (Lipinski definition) is 2. The van der Waals surface area contributed by atoms with Gasteiger partial charge in [-0.15, -0.1) is 0 Å². The molecule has 4 heterocycles. The van der Waals surface area contributed by atoms with Gasteiger partial charge in [0.1, 0.15) is 17.2 Å². The maximum Gasteiger partial charge on any atom is 0.419 e. The van der Waals surface area contributed by atoms with Gasteiger partial charge in [-0.05, 0) is 72.5 Å². The number of benzene rings is 2. The fourth-order valence-electron chi connectivity index (χ4n) is 5.81. The number of aromatic nitrogens is 5. The van der Waals surface area contributed by atoms with E-state index in [9.17, 15) is 9.59 Å². The number of nitrogens with zero attached hydrogens (tertiary/aromatic N) is 7. The van der Waals surface area contributed by atoms with Crippen molar-refractivity contribution in [2.75, 3.05) is 49.3 Å². The predicted molar refractivity (Wildman–Crippen MR) is 194 cm³/mol. The minimum atomic E-state index is -0.651. The smallest absolute Gasteiger partial charge is 0.419 e. The summed E-state index contributed by atoms with van der Waals surface area (Å²) in [6.07, 6.45) is 7.00. The van der Waals surface area contributed by atoms with Gasteiger partial charge in [-0.3, -0.25) is 9.36 Å². The number of hydrogen-bond acceptors (Lipinski definition) is 10. The van der Waals surface area contributed by atoms with Crippen molar-refractivity contribution in [2.24, 2.45) is 0 Å². The van der Waals surface area contributed by atoms with E-state index in [1.165, 1.54) is 10.6 Å². The number of carbonyl (C=O) groups excluding carboxylic acids is 2. The molecule has 0 bridgehead atoms. The Balaban J connectivity index is 1.20. The topological polar surface area (TPSA) is 130 Å². The number of carbonyl (C=O) groups is 2. The Hall–Kier alpha value is -5.07. The summed E-state index contributed by atoms with van der Waals surface area (Å²) in [5.74, 6) is 1.72. The van der Waals surface area contributed by atoms with E-state index in [0.29, 0.717) is 52.3 Å². The Labute approximate surface area is 290 Å². The monoisotopic (exact) mass is 681 g/mol. The highest BCUT2D eigenvalue weighted by atomic mass is 35.5. The first-order valence-corrected chi connectivity index (χ1v) is 16.5. The van der Waals surface area contributed by atoms with Crippen LogP contribution in [0.2, 0.25) is 5.02 Å². The first-order chi connectivity index (χ1) is 23.3. The minimum Gasteiger partial charge on any atom is -0.443 e. The molecule has 0 spiro atoms. The molecule has 6 rings (SSSR count). The molecular formula is C36H40ClN9O3. The van der Waals surface area contributed by atoms with E-state index in [0.717, 1.165) is 35.1 Å². The standard InChI is InChI=1S/C36H40ClN9O3/c1-22-39-29-18-23(41-31(47)12-9-16-44(5)6)13-14-26(29)33(40-22)45-17-15-24(20-45)42-34-38-19-28(37)32(43-34)27-21-46(35(48)49-36(2,3)4)30-11-8-7-10-25(27)30/h7-14,18-19,21,24H,15-17,20H2,1-6H3,(H,41,47)(H,38,42,43)/b12-9+. The molecule has 0 aliphatic carbocycles. The largest absolute Gasteiger partial charge is 0.443 e. The molecule has 0 radical (unpaired) electrons. The molecule has 1 aliphatic heterocycles. The number of nitrogens with one attached hydrogen (secondary N) is 2. The number of amides is 1. The second-order valence-corrected chi connectivity index (χ2v) is 13.8. The number of rotatable bonds is 8. The van der Waals surface area contributed by atoms with Crippen LogP contribution in [0.4, 0.5) is 22.2 Å². The molecule has 2 N–H and O–H groups in total. The highest BCUT2D eigenvalue weighted by Gasteiger charge is 2.27. The summed E-state index contributed by atoms with van der Waals surface area (Å²) >= 11 is 6.66. The van der Waals surface area contributed by atoms with Gasteiger partial charge in [-0.25, -0.2) is 24.7 Å². The maximum atomic E-state index is 13.1. The lowest BCUT2D eigenvalue weighted by Crippen LogP contribution is -2.27. The zero-order valence-corrected chi connectivity index (χ0v) is 29.2. The molecule has 1 atom stereocenters. The van der Waals surface area contributed by atoms with Crippen LogP contribution < -0.4 is 15.5 Å². The van der Waals surface area contributed by atoms with Gasteiger partial charge in [-0.2, -0.15) is 0 Å². The third-order valence-corrected chi connectivity index (χ3v) is 8.19. The Bertz CT molecular complexity index is 2070. The summed E-state index contributed by atoms with van der Waals surface area (Å²) in [5, 5.41) is 8.49. The first-order valence-electron chi connectivity index (χ1n) is 16.1. The van der Waals surface area contributed by atoms with E-state index in [-0.39, 0.29) is 11.9 Å². The summed E-state index contributed by atoms with van der Waals surface area (Å²) in [5.41, 5.74) is 2.68. The molecule has 1 aliphatic rings. The van der Waals surface area contributed by atoms with E-state index >= 15 is 0 Å². The fraction of sp³-hybridized carbons (Fsp3) is 0.333. The second kappa shape index (κ2) is 13.8. The number of fused-ring (bicyclic) bond motifs is 2. The number of aryl methyl sites for hydroxylation is 1. The summed E-state index contributed by atoms with van der Waals surface area (Å²) in [6.45, 7) is 9.48. The van der Waals surface area contributed by atoms with Gasteiger partial charge in [0, 0.05) is 60.0 Å². The molecule has 1 unspecified atom stereocenters. The van der Waals surface area contributed by atoms with Gasteiger partial charge in [0.2, 0.25) is 11.9 Å².